The van der Waals surface area contributed by atoms with Gasteiger partial charge in [-0.1, -0.05) is 0 Å². The zero-order valence-electron chi connectivity index (χ0n) is 14.6. The van der Waals surface area contributed by atoms with Crippen molar-refractivity contribution in [2.75, 3.05) is 50.5 Å². The van der Waals surface area contributed by atoms with Crippen molar-refractivity contribution in [1.29, 1.82) is 0 Å². The minimum Gasteiger partial charge on any atom is -0.488 e. The maximum atomic E-state index is 12.6. The lowest BCUT2D eigenvalue weighted by atomic mass is 10.2. The molecule has 24 heavy (non-hydrogen) atoms. The molecule has 0 aliphatic carbocycles. The predicted molar refractivity (Wildman–Crippen MR) is 94.1 cm³/mol. The topological polar surface area (TPSA) is 108 Å². The smallest absolute Gasteiger partial charge is 0.332 e. The second-order valence-electron chi connectivity index (χ2n) is 5.07. The lowest BCUT2D eigenvalue weighted by Crippen LogP contribution is -2.43. The SMILES string of the molecule is CCOc1c(N(CCCN)CCP(=O)(OCC)OCC)c(=O)c1=O. The summed E-state index contributed by atoms with van der Waals surface area (Å²) in [6, 6.07) is 0. The molecule has 0 fully saturated rings. The number of ether oxygens (including phenoxy) is 1. The Balaban J connectivity index is 2.94. The van der Waals surface area contributed by atoms with E-state index in [1.807, 2.05) is 0 Å². The van der Waals surface area contributed by atoms with Crippen LogP contribution in [0.1, 0.15) is 27.2 Å². The van der Waals surface area contributed by atoms with Gasteiger partial charge in [0.15, 0.2) is 5.75 Å². The summed E-state index contributed by atoms with van der Waals surface area (Å²) in [5.74, 6) is 0.0715. The molecule has 0 aromatic heterocycles. The van der Waals surface area contributed by atoms with Gasteiger partial charge in [-0.2, -0.15) is 0 Å². The Hall–Kier alpha value is -1.21. The highest BCUT2D eigenvalue weighted by molar-refractivity contribution is 7.53. The Morgan fingerprint density at radius 2 is 1.62 bits per heavy atom. The van der Waals surface area contributed by atoms with E-state index in [0.29, 0.717) is 26.1 Å². The monoisotopic (exact) mass is 362 g/mol. The van der Waals surface area contributed by atoms with Gasteiger partial charge in [0.1, 0.15) is 5.69 Å². The van der Waals surface area contributed by atoms with Crippen LogP contribution in [-0.2, 0) is 13.6 Å². The molecule has 0 amide bonds. The third-order valence-electron chi connectivity index (χ3n) is 3.38. The quantitative estimate of drug-likeness (QED) is 0.410. The van der Waals surface area contributed by atoms with Crippen molar-refractivity contribution in [2.24, 2.45) is 5.73 Å². The summed E-state index contributed by atoms with van der Waals surface area (Å²) < 4.78 is 28.4. The second kappa shape index (κ2) is 9.93. The molecule has 0 aliphatic heterocycles. The highest BCUT2D eigenvalue weighted by Crippen LogP contribution is 2.47. The highest BCUT2D eigenvalue weighted by Gasteiger charge is 2.30. The average molecular weight is 362 g/mol. The van der Waals surface area contributed by atoms with E-state index in [4.69, 9.17) is 19.5 Å². The summed E-state index contributed by atoms with van der Waals surface area (Å²) in [5, 5.41) is 0. The molecule has 0 saturated carbocycles. The number of hydrogen-bond acceptors (Lipinski definition) is 8. The van der Waals surface area contributed by atoms with Crippen molar-refractivity contribution in [2.45, 2.75) is 27.2 Å². The zero-order valence-corrected chi connectivity index (χ0v) is 15.5. The molecule has 8 nitrogen and oxygen atoms in total. The largest absolute Gasteiger partial charge is 0.488 e. The van der Waals surface area contributed by atoms with Crippen molar-refractivity contribution in [1.82, 2.24) is 0 Å². The van der Waals surface area contributed by atoms with Crippen LogP contribution >= 0.6 is 7.60 Å². The predicted octanol–water partition coefficient (Wildman–Crippen LogP) is 1.10. The maximum Gasteiger partial charge on any atom is 0.332 e. The van der Waals surface area contributed by atoms with Crippen LogP contribution in [0.15, 0.2) is 9.59 Å². The Morgan fingerprint density at radius 1 is 1.00 bits per heavy atom. The molecule has 0 radical (unpaired) electrons. The van der Waals surface area contributed by atoms with E-state index in [-0.39, 0.29) is 37.4 Å². The molecule has 0 atom stereocenters. The lowest BCUT2D eigenvalue weighted by molar-refractivity contribution is 0.220. The Kier molecular flexibility index (Phi) is 8.62. The van der Waals surface area contributed by atoms with Crippen molar-refractivity contribution in [3.05, 3.63) is 20.4 Å². The van der Waals surface area contributed by atoms with Crippen molar-refractivity contribution in [3.63, 3.8) is 0 Å². The molecule has 0 spiro atoms. The van der Waals surface area contributed by atoms with Crippen LogP contribution < -0.4 is 26.2 Å². The summed E-state index contributed by atoms with van der Waals surface area (Å²) in [5.41, 5.74) is 4.56. The summed E-state index contributed by atoms with van der Waals surface area (Å²) in [6.07, 6.45) is 0.738. The molecule has 1 rings (SSSR count). The maximum absolute atomic E-state index is 12.6. The number of nitrogens with two attached hydrogens (primary N) is 1. The third-order valence-corrected chi connectivity index (χ3v) is 5.43. The van der Waals surface area contributed by atoms with Gasteiger partial charge in [0.25, 0.3) is 10.9 Å². The summed E-state index contributed by atoms with van der Waals surface area (Å²) in [6.45, 7) is 7.19. The highest BCUT2D eigenvalue weighted by atomic mass is 31.2. The summed E-state index contributed by atoms with van der Waals surface area (Å²) in [4.78, 5) is 25.3. The van der Waals surface area contributed by atoms with Gasteiger partial charge in [0, 0.05) is 13.1 Å². The average Bonchev–Trinajstić information content (AvgIpc) is 2.56. The first kappa shape index (κ1) is 20.8. The summed E-state index contributed by atoms with van der Waals surface area (Å²) in [7, 11) is -3.23. The van der Waals surface area contributed by atoms with Crippen LogP contribution in [0, 0.1) is 0 Å². The van der Waals surface area contributed by atoms with E-state index in [9.17, 15) is 14.2 Å². The van der Waals surface area contributed by atoms with E-state index in [1.165, 1.54) is 0 Å². The van der Waals surface area contributed by atoms with E-state index in [1.54, 1.807) is 25.7 Å². The molecule has 1 aromatic rings. The van der Waals surface area contributed by atoms with E-state index >= 15 is 0 Å². The lowest BCUT2D eigenvalue weighted by Gasteiger charge is -2.28. The second-order valence-corrected chi connectivity index (χ2v) is 7.25. The first-order chi connectivity index (χ1) is 11.4. The minimum absolute atomic E-state index is 0.0715. The van der Waals surface area contributed by atoms with Gasteiger partial charge in [0.2, 0.25) is 0 Å². The molecule has 1 aromatic carbocycles. The van der Waals surface area contributed by atoms with Gasteiger partial charge in [-0.3, -0.25) is 14.2 Å². The van der Waals surface area contributed by atoms with Gasteiger partial charge >= 0.3 is 7.60 Å². The van der Waals surface area contributed by atoms with Crippen LogP contribution in [0.2, 0.25) is 0 Å². The molecular weight excluding hydrogens is 335 g/mol. The van der Waals surface area contributed by atoms with Gasteiger partial charge in [-0.05, 0) is 33.7 Å². The van der Waals surface area contributed by atoms with Gasteiger partial charge in [-0.25, -0.2) is 0 Å². The molecule has 9 heteroatoms. The Bertz CT molecular complexity index is 616. The Morgan fingerprint density at radius 3 is 2.12 bits per heavy atom. The molecule has 0 aliphatic rings. The molecule has 0 bridgehead atoms. The zero-order chi connectivity index (χ0) is 18.2. The molecule has 0 heterocycles. The van der Waals surface area contributed by atoms with Gasteiger partial charge in [0.05, 0.1) is 26.0 Å². The number of hydrogen-bond donors (Lipinski definition) is 1. The van der Waals surface area contributed by atoms with Crippen LogP contribution in [0.5, 0.6) is 5.75 Å². The number of rotatable bonds is 13. The van der Waals surface area contributed by atoms with Crippen LogP contribution in [0.4, 0.5) is 5.69 Å². The number of anilines is 1. The van der Waals surface area contributed by atoms with Crippen molar-refractivity contribution < 1.29 is 18.3 Å². The fraction of sp³-hybridized carbons (Fsp3) is 0.733. The third kappa shape index (κ3) is 5.14. The first-order valence-electron chi connectivity index (χ1n) is 8.23. The van der Waals surface area contributed by atoms with Gasteiger partial charge in [-0.15, -0.1) is 0 Å². The summed E-state index contributed by atoms with van der Waals surface area (Å²) >= 11 is 0. The molecule has 0 unspecified atom stereocenters. The minimum atomic E-state index is -3.23. The molecular formula is C15H27N2O6P. The normalized spacial score (nSPS) is 11.8. The van der Waals surface area contributed by atoms with E-state index in [0.717, 1.165) is 0 Å². The molecule has 0 saturated heterocycles. The Labute approximate surface area is 142 Å². The van der Waals surface area contributed by atoms with Crippen molar-refractivity contribution >= 4 is 13.3 Å². The fourth-order valence-electron chi connectivity index (χ4n) is 2.34. The van der Waals surface area contributed by atoms with Crippen LogP contribution in [-0.4, -0.2) is 45.6 Å². The van der Waals surface area contributed by atoms with Crippen LogP contribution in [0.25, 0.3) is 0 Å². The van der Waals surface area contributed by atoms with Gasteiger partial charge < -0.3 is 24.4 Å². The standard InChI is InChI=1S/C15H27N2O6P/c1-4-21-15-12(13(18)14(15)19)17(9-7-8-16)10-11-24(20,22-5-2)23-6-3/h4-11,16H2,1-3H3. The number of nitrogens with zero attached hydrogens (tertiary/aromatic N) is 1. The van der Waals surface area contributed by atoms with E-state index < -0.39 is 18.5 Å². The molecule has 2 N–H and O–H groups in total. The fourth-order valence-corrected chi connectivity index (χ4v) is 3.95. The van der Waals surface area contributed by atoms with E-state index in [2.05, 4.69) is 0 Å². The van der Waals surface area contributed by atoms with Crippen LogP contribution in [0.3, 0.4) is 0 Å². The first-order valence-corrected chi connectivity index (χ1v) is 9.96. The van der Waals surface area contributed by atoms with Crippen molar-refractivity contribution in [3.8, 4) is 5.75 Å². The molecule has 138 valence electrons.